The third-order valence-electron chi connectivity index (χ3n) is 3.13. The van der Waals surface area contributed by atoms with Crippen LogP contribution in [0.25, 0.3) is 10.9 Å². The number of hydrogen-bond acceptors (Lipinski definition) is 1. The van der Waals surface area contributed by atoms with E-state index >= 15 is 0 Å². The molecule has 92 valence electrons. The smallest absolute Gasteiger partial charge is 0.0497 e. The summed E-state index contributed by atoms with van der Waals surface area (Å²) in [4.78, 5) is 0. The molecule has 0 spiro atoms. The summed E-state index contributed by atoms with van der Waals surface area (Å²) in [6, 6.07) is 8.40. The SMILES string of the molecule is CCn1c(CCCNC)cc2ccc(Cl)cc21. The Bertz CT molecular complexity index is 502. The van der Waals surface area contributed by atoms with E-state index in [0.29, 0.717) is 0 Å². The fraction of sp³-hybridized carbons (Fsp3) is 0.429. The maximum absolute atomic E-state index is 6.06. The Morgan fingerprint density at radius 2 is 2.12 bits per heavy atom. The van der Waals surface area contributed by atoms with Gasteiger partial charge in [0.15, 0.2) is 0 Å². The van der Waals surface area contributed by atoms with Crippen molar-refractivity contribution in [2.24, 2.45) is 0 Å². The van der Waals surface area contributed by atoms with Gasteiger partial charge in [0.2, 0.25) is 0 Å². The van der Waals surface area contributed by atoms with Crippen molar-refractivity contribution in [3.05, 3.63) is 35.0 Å². The van der Waals surface area contributed by atoms with Gasteiger partial charge < -0.3 is 9.88 Å². The third kappa shape index (κ3) is 2.64. The lowest BCUT2D eigenvalue weighted by Gasteiger charge is -2.07. The van der Waals surface area contributed by atoms with Crippen LogP contribution in [0.4, 0.5) is 0 Å². The Kier molecular flexibility index (Phi) is 4.08. The maximum Gasteiger partial charge on any atom is 0.0497 e. The molecule has 2 aromatic rings. The number of benzene rings is 1. The summed E-state index contributed by atoms with van der Waals surface area (Å²) < 4.78 is 2.36. The number of nitrogens with zero attached hydrogens (tertiary/aromatic N) is 1. The molecule has 1 N–H and O–H groups in total. The van der Waals surface area contributed by atoms with E-state index in [4.69, 9.17) is 11.6 Å². The highest BCUT2D eigenvalue weighted by Crippen LogP contribution is 2.24. The minimum atomic E-state index is 0.812. The molecule has 1 aromatic carbocycles. The van der Waals surface area contributed by atoms with Gasteiger partial charge in [-0.05, 0) is 56.9 Å². The van der Waals surface area contributed by atoms with Gasteiger partial charge in [-0.25, -0.2) is 0 Å². The van der Waals surface area contributed by atoms with E-state index in [0.717, 1.165) is 24.5 Å². The molecule has 0 radical (unpaired) electrons. The lowest BCUT2D eigenvalue weighted by atomic mass is 10.2. The molecule has 0 aliphatic heterocycles. The van der Waals surface area contributed by atoms with Crippen LogP contribution in [0.15, 0.2) is 24.3 Å². The molecule has 0 amide bonds. The second-order valence-electron chi connectivity index (χ2n) is 4.29. The lowest BCUT2D eigenvalue weighted by molar-refractivity contribution is 0.673. The number of aromatic nitrogens is 1. The van der Waals surface area contributed by atoms with Crippen LogP contribution in [0.2, 0.25) is 5.02 Å². The number of aryl methyl sites for hydroxylation is 2. The van der Waals surface area contributed by atoms with E-state index in [9.17, 15) is 0 Å². The van der Waals surface area contributed by atoms with Crippen LogP contribution in [0.3, 0.4) is 0 Å². The number of nitrogens with one attached hydrogen (secondary N) is 1. The molecule has 0 aliphatic carbocycles. The minimum absolute atomic E-state index is 0.812. The first-order chi connectivity index (χ1) is 8.26. The molecule has 17 heavy (non-hydrogen) atoms. The summed E-state index contributed by atoms with van der Waals surface area (Å²) >= 11 is 6.06. The molecule has 0 aliphatic rings. The molecule has 1 heterocycles. The van der Waals surface area contributed by atoms with E-state index in [1.807, 2.05) is 13.1 Å². The number of hydrogen-bond donors (Lipinski definition) is 1. The monoisotopic (exact) mass is 250 g/mol. The van der Waals surface area contributed by atoms with Gasteiger partial charge in [-0.1, -0.05) is 17.7 Å². The second kappa shape index (κ2) is 5.56. The first-order valence-corrected chi connectivity index (χ1v) is 6.56. The van der Waals surface area contributed by atoms with Crippen molar-refractivity contribution < 1.29 is 0 Å². The van der Waals surface area contributed by atoms with Gasteiger partial charge in [0.05, 0.1) is 0 Å². The van der Waals surface area contributed by atoms with Crippen molar-refractivity contribution in [1.82, 2.24) is 9.88 Å². The Balaban J connectivity index is 2.35. The Hall–Kier alpha value is -0.990. The van der Waals surface area contributed by atoms with Crippen LogP contribution in [-0.2, 0) is 13.0 Å². The standard InChI is InChI=1S/C14H19ClN2/c1-3-17-13(5-4-8-16-2)9-11-6-7-12(15)10-14(11)17/h6-7,9-10,16H,3-5,8H2,1-2H3. The zero-order valence-electron chi connectivity index (χ0n) is 10.5. The summed E-state index contributed by atoms with van der Waals surface area (Å²) in [5, 5.41) is 5.29. The van der Waals surface area contributed by atoms with Gasteiger partial charge in [0.1, 0.15) is 0 Å². The predicted molar refractivity (Wildman–Crippen MR) is 74.9 cm³/mol. The molecular weight excluding hydrogens is 232 g/mol. The highest BCUT2D eigenvalue weighted by molar-refractivity contribution is 6.31. The van der Waals surface area contributed by atoms with Crippen LogP contribution < -0.4 is 5.32 Å². The van der Waals surface area contributed by atoms with Crippen LogP contribution in [0.5, 0.6) is 0 Å². The van der Waals surface area contributed by atoms with Crippen molar-refractivity contribution >= 4 is 22.5 Å². The van der Waals surface area contributed by atoms with E-state index in [1.54, 1.807) is 0 Å². The average molecular weight is 251 g/mol. The van der Waals surface area contributed by atoms with Gasteiger partial charge >= 0.3 is 0 Å². The zero-order valence-corrected chi connectivity index (χ0v) is 11.2. The predicted octanol–water partition coefficient (Wildman–Crippen LogP) is 3.47. The molecule has 2 nitrogen and oxygen atoms in total. The fourth-order valence-corrected chi connectivity index (χ4v) is 2.48. The third-order valence-corrected chi connectivity index (χ3v) is 3.36. The Morgan fingerprint density at radius 3 is 2.82 bits per heavy atom. The summed E-state index contributed by atoms with van der Waals surface area (Å²) in [5.74, 6) is 0. The van der Waals surface area contributed by atoms with Crippen molar-refractivity contribution in [2.75, 3.05) is 13.6 Å². The van der Waals surface area contributed by atoms with Crippen molar-refractivity contribution in [3.63, 3.8) is 0 Å². The average Bonchev–Trinajstić information content (AvgIpc) is 2.66. The van der Waals surface area contributed by atoms with Gasteiger partial charge in [0.25, 0.3) is 0 Å². The molecule has 0 saturated carbocycles. The van der Waals surface area contributed by atoms with Crippen molar-refractivity contribution in [1.29, 1.82) is 0 Å². The van der Waals surface area contributed by atoms with Gasteiger partial charge in [0, 0.05) is 22.8 Å². The van der Waals surface area contributed by atoms with Crippen LogP contribution >= 0.6 is 11.6 Å². The lowest BCUT2D eigenvalue weighted by Crippen LogP contribution is -2.10. The molecule has 0 saturated heterocycles. The van der Waals surface area contributed by atoms with E-state index < -0.39 is 0 Å². The summed E-state index contributed by atoms with van der Waals surface area (Å²) in [5.41, 5.74) is 2.65. The quantitative estimate of drug-likeness (QED) is 0.805. The van der Waals surface area contributed by atoms with Gasteiger partial charge in [-0.2, -0.15) is 0 Å². The molecule has 0 atom stereocenters. The largest absolute Gasteiger partial charge is 0.345 e. The fourth-order valence-electron chi connectivity index (χ4n) is 2.31. The summed E-state index contributed by atoms with van der Waals surface area (Å²) in [6.07, 6.45) is 2.28. The second-order valence-corrected chi connectivity index (χ2v) is 4.73. The van der Waals surface area contributed by atoms with E-state index in [1.165, 1.54) is 23.0 Å². The van der Waals surface area contributed by atoms with Crippen molar-refractivity contribution in [3.8, 4) is 0 Å². The first-order valence-electron chi connectivity index (χ1n) is 6.18. The van der Waals surface area contributed by atoms with E-state index in [-0.39, 0.29) is 0 Å². The first kappa shape index (κ1) is 12.5. The Labute approximate surface area is 108 Å². The van der Waals surface area contributed by atoms with Gasteiger partial charge in [-0.3, -0.25) is 0 Å². The highest BCUT2D eigenvalue weighted by atomic mass is 35.5. The van der Waals surface area contributed by atoms with Crippen LogP contribution in [-0.4, -0.2) is 18.2 Å². The van der Waals surface area contributed by atoms with E-state index in [2.05, 4.69) is 35.0 Å². The maximum atomic E-state index is 6.06. The number of fused-ring (bicyclic) bond motifs is 1. The molecule has 0 fully saturated rings. The molecular formula is C14H19ClN2. The van der Waals surface area contributed by atoms with Crippen LogP contribution in [0.1, 0.15) is 19.0 Å². The molecule has 1 aromatic heterocycles. The van der Waals surface area contributed by atoms with Crippen LogP contribution in [0, 0.1) is 0 Å². The zero-order chi connectivity index (χ0) is 12.3. The molecule has 2 rings (SSSR count). The normalized spacial score (nSPS) is 11.2. The number of halogens is 1. The van der Waals surface area contributed by atoms with Gasteiger partial charge in [-0.15, -0.1) is 0 Å². The summed E-state index contributed by atoms with van der Waals surface area (Å²) in [6.45, 7) is 4.24. The Morgan fingerprint density at radius 1 is 1.29 bits per heavy atom. The number of rotatable bonds is 5. The molecule has 3 heteroatoms. The molecule has 0 bridgehead atoms. The van der Waals surface area contributed by atoms with Crippen molar-refractivity contribution in [2.45, 2.75) is 26.3 Å². The molecule has 0 unspecified atom stereocenters. The topological polar surface area (TPSA) is 17.0 Å². The highest BCUT2D eigenvalue weighted by Gasteiger charge is 2.07. The minimum Gasteiger partial charge on any atom is -0.345 e. The summed E-state index contributed by atoms with van der Waals surface area (Å²) in [7, 11) is 2.00.